The quantitative estimate of drug-likeness (QED) is 0.428. The van der Waals surface area contributed by atoms with Crippen LogP contribution in [0.25, 0.3) is 0 Å². The van der Waals surface area contributed by atoms with Gasteiger partial charge >= 0.3 is 5.97 Å². The lowest BCUT2D eigenvalue weighted by Gasteiger charge is -2.42. The fraction of sp³-hybridized carbons (Fsp3) is 0.655. The van der Waals surface area contributed by atoms with Crippen molar-refractivity contribution in [3.63, 3.8) is 0 Å². The van der Waals surface area contributed by atoms with Crippen LogP contribution in [0.3, 0.4) is 0 Å². The molecule has 9 nitrogen and oxygen atoms in total. The molecule has 1 aromatic carbocycles. The molecule has 5 rings (SSSR count). The van der Waals surface area contributed by atoms with Crippen molar-refractivity contribution in [1.82, 2.24) is 20.4 Å². The van der Waals surface area contributed by atoms with Gasteiger partial charge in [0.25, 0.3) is 11.8 Å². The zero-order chi connectivity index (χ0) is 26.7. The predicted molar refractivity (Wildman–Crippen MR) is 145 cm³/mol. The maximum Gasteiger partial charge on any atom is 0.305 e. The lowest BCUT2D eigenvalue weighted by molar-refractivity contribution is -0.136. The minimum absolute atomic E-state index is 0.0803. The zero-order valence-corrected chi connectivity index (χ0v) is 22.5. The third-order valence-electron chi connectivity index (χ3n) is 9.02. The second-order valence-electron chi connectivity index (χ2n) is 11.5. The number of rotatable bonds is 9. The average molecular weight is 524 g/mol. The van der Waals surface area contributed by atoms with E-state index in [-0.39, 0.29) is 24.8 Å². The average Bonchev–Trinajstić information content (AvgIpc) is 3.74. The Morgan fingerprint density at radius 2 is 1.84 bits per heavy atom. The van der Waals surface area contributed by atoms with Crippen molar-refractivity contribution in [2.24, 2.45) is 16.8 Å². The maximum absolute atomic E-state index is 13.8. The van der Waals surface area contributed by atoms with Crippen LogP contribution in [0, 0.1) is 11.8 Å². The van der Waals surface area contributed by atoms with Gasteiger partial charge in [-0.25, -0.2) is 4.99 Å². The Hall–Kier alpha value is -2.94. The van der Waals surface area contributed by atoms with E-state index in [1.165, 1.54) is 6.42 Å². The molecule has 2 amide bonds. The highest BCUT2D eigenvalue weighted by Gasteiger charge is 2.51. The molecule has 2 atom stereocenters. The van der Waals surface area contributed by atoms with Gasteiger partial charge in [-0.2, -0.15) is 0 Å². The first-order valence-electron chi connectivity index (χ1n) is 14.4. The number of amidine groups is 1. The number of carbonyl (C=O) groups is 3. The monoisotopic (exact) mass is 523 g/mol. The molecule has 0 aromatic heterocycles. The van der Waals surface area contributed by atoms with Crippen molar-refractivity contribution in [1.29, 1.82) is 0 Å². The van der Waals surface area contributed by atoms with Gasteiger partial charge in [-0.05, 0) is 80.9 Å². The minimum Gasteiger partial charge on any atom is -0.481 e. The van der Waals surface area contributed by atoms with E-state index in [0.717, 1.165) is 63.7 Å². The Bertz CT molecular complexity index is 1050. The van der Waals surface area contributed by atoms with Crippen molar-refractivity contribution in [3.8, 4) is 0 Å². The summed E-state index contributed by atoms with van der Waals surface area (Å²) < 4.78 is 0. The molecule has 1 aromatic rings. The maximum atomic E-state index is 13.8. The third kappa shape index (κ3) is 5.87. The van der Waals surface area contributed by atoms with E-state index in [1.54, 1.807) is 12.1 Å². The first kappa shape index (κ1) is 26.7. The van der Waals surface area contributed by atoms with Gasteiger partial charge in [0.2, 0.25) is 0 Å². The number of hydrogen-bond acceptors (Lipinski definition) is 6. The van der Waals surface area contributed by atoms with Gasteiger partial charge in [-0.3, -0.25) is 14.4 Å². The van der Waals surface area contributed by atoms with Gasteiger partial charge in [-0.15, -0.1) is 0 Å². The van der Waals surface area contributed by atoms with Crippen LogP contribution in [0.1, 0.15) is 74.2 Å². The van der Waals surface area contributed by atoms with Crippen LogP contribution in [0.4, 0.5) is 0 Å². The standard InChI is InChI=1S/C29H41N5O4/c1-20(24-19-31-24)22-9-13-29(14-10-22)32-26(33-16-3-2-4-17-33)28(38)34(29)18-12-21-5-7-23(8-6-21)27(37)30-15-11-25(35)36/h5-8,20,22,24,31H,2-4,9-19H2,1H3,(H,30,37)(H,35,36). The fourth-order valence-corrected chi connectivity index (χ4v) is 6.46. The molecule has 0 bridgehead atoms. The normalized spacial score (nSPS) is 27.8. The van der Waals surface area contributed by atoms with Gasteiger partial charge in [0, 0.05) is 44.3 Å². The summed E-state index contributed by atoms with van der Waals surface area (Å²) in [7, 11) is 0. The lowest BCUT2D eigenvalue weighted by atomic mass is 9.75. The van der Waals surface area contributed by atoms with Crippen molar-refractivity contribution < 1.29 is 19.5 Å². The summed E-state index contributed by atoms with van der Waals surface area (Å²) in [4.78, 5) is 46.2. The number of carbonyl (C=O) groups excluding carboxylic acids is 2. The molecule has 1 aliphatic carbocycles. The summed E-state index contributed by atoms with van der Waals surface area (Å²) in [5.41, 5.74) is 1.13. The molecule has 2 unspecified atom stereocenters. The summed E-state index contributed by atoms with van der Waals surface area (Å²) in [5.74, 6) is 0.887. The number of likely N-dealkylation sites (tertiary alicyclic amines) is 1. The molecule has 3 heterocycles. The molecule has 206 valence electrons. The van der Waals surface area contributed by atoms with Crippen LogP contribution in [0.15, 0.2) is 29.3 Å². The Balaban J connectivity index is 1.25. The van der Waals surface area contributed by atoms with E-state index < -0.39 is 11.6 Å². The first-order valence-corrected chi connectivity index (χ1v) is 14.4. The number of nitrogens with one attached hydrogen (secondary N) is 2. The van der Waals surface area contributed by atoms with Crippen LogP contribution in [0.5, 0.6) is 0 Å². The SMILES string of the molecule is CC(C1CCC2(CC1)N=C(N1CCCCC1)C(=O)N2CCc1ccc(C(=O)NCCC(=O)O)cc1)C1CN1. The summed E-state index contributed by atoms with van der Waals surface area (Å²) in [6, 6.07) is 8.03. The number of piperidine rings is 1. The highest BCUT2D eigenvalue weighted by Crippen LogP contribution is 2.44. The summed E-state index contributed by atoms with van der Waals surface area (Å²) in [6.45, 7) is 6.03. The molecule has 9 heteroatoms. The molecule has 0 radical (unpaired) electrons. The molecule has 2 saturated heterocycles. The van der Waals surface area contributed by atoms with E-state index in [1.807, 2.05) is 12.1 Å². The first-order chi connectivity index (χ1) is 18.4. The zero-order valence-electron chi connectivity index (χ0n) is 22.5. The number of nitrogens with zero attached hydrogens (tertiary/aromatic N) is 3. The number of carboxylic acid groups (broad SMARTS) is 1. The smallest absolute Gasteiger partial charge is 0.305 e. The Morgan fingerprint density at radius 3 is 2.47 bits per heavy atom. The van der Waals surface area contributed by atoms with Gasteiger partial charge in [0.1, 0.15) is 5.66 Å². The van der Waals surface area contributed by atoms with E-state index in [0.29, 0.717) is 42.2 Å². The Labute approximate surface area is 225 Å². The molecule has 1 spiro atoms. The van der Waals surface area contributed by atoms with Crippen molar-refractivity contribution >= 4 is 23.6 Å². The molecular formula is C29H41N5O4. The summed E-state index contributed by atoms with van der Waals surface area (Å²) in [6.07, 6.45) is 8.09. The third-order valence-corrected chi connectivity index (χ3v) is 9.02. The highest BCUT2D eigenvalue weighted by molar-refractivity contribution is 6.39. The number of amides is 2. The largest absolute Gasteiger partial charge is 0.481 e. The van der Waals surface area contributed by atoms with Gasteiger partial charge in [0.15, 0.2) is 5.84 Å². The number of aliphatic imine (C=N–C) groups is 1. The van der Waals surface area contributed by atoms with Crippen LogP contribution in [0.2, 0.25) is 0 Å². The van der Waals surface area contributed by atoms with Crippen molar-refractivity contribution in [2.75, 3.05) is 32.7 Å². The van der Waals surface area contributed by atoms with Crippen molar-refractivity contribution in [2.45, 2.75) is 76.4 Å². The molecule has 3 N–H and O–H groups in total. The number of hydrogen-bond donors (Lipinski definition) is 3. The Morgan fingerprint density at radius 1 is 1.16 bits per heavy atom. The predicted octanol–water partition coefficient (Wildman–Crippen LogP) is 2.65. The molecule has 3 aliphatic heterocycles. The van der Waals surface area contributed by atoms with E-state index in [9.17, 15) is 14.4 Å². The van der Waals surface area contributed by atoms with Gasteiger partial charge in [0.05, 0.1) is 6.42 Å². The van der Waals surface area contributed by atoms with Gasteiger partial charge < -0.3 is 25.5 Å². The van der Waals surface area contributed by atoms with E-state index >= 15 is 0 Å². The second-order valence-corrected chi connectivity index (χ2v) is 11.5. The van der Waals surface area contributed by atoms with Crippen LogP contribution in [-0.4, -0.2) is 83.0 Å². The topological polar surface area (TPSA) is 124 Å². The lowest BCUT2D eigenvalue weighted by Crippen LogP contribution is -2.51. The van der Waals surface area contributed by atoms with Crippen molar-refractivity contribution in [3.05, 3.63) is 35.4 Å². The molecule has 3 fully saturated rings. The van der Waals surface area contributed by atoms with Crippen LogP contribution in [-0.2, 0) is 16.0 Å². The molecule has 38 heavy (non-hydrogen) atoms. The molecule has 4 aliphatic rings. The summed E-state index contributed by atoms with van der Waals surface area (Å²) in [5, 5.41) is 14.9. The highest BCUT2D eigenvalue weighted by atomic mass is 16.4. The minimum atomic E-state index is -0.940. The van der Waals surface area contributed by atoms with E-state index in [2.05, 4.69) is 27.4 Å². The summed E-state index contributed by atoms with van der Waals surface area (Å²) >= 11 is 0. The number of benzene rings is 1. The van der Waals surface area contributed by atoms with E-state index in [4.69, 9.17) is 10.1 Å². The number of carboxylic acids is 1. The second kappa shape index (κ2) is 11.4. The fourth-order valence-electron chi connectivity index (χ4n) is 6.46. The number of aliphatic carboxylic acids is 1. The van der Waals surface area contributed by atoms with Crippen LogP contribution < -0.4 is 10.6 Å². The molecular weight excluding hydrogens is 482 g/mol. The Kier molecular flexibility index (Phi) is 8.02. The molecule has 1 saturated carbocycles. The van der Waals surface area contributed by atoms with Gasteiger partial charge in [-0.1, -0.05) is 19.1 Å². The van der Waals surface area contributed by atoms with Crippen LogP contribution >= 0.6 is 0 Å².